The van der Waals surface area contributed by atoms with Crippen molar-refractivity contribution in [2.45, 2.75) is 51.0 Å². The van der Waals surface area contributed by atoms with Crippen molar-refractivity contribution in [2.75, 3.05) is 25.5 Å². The quantitative estimate of drug-likeness (QED) is 0.279. The van der Waals surface area contributed by atoms with E-state index in [0.717, 1.165) is 43.1 Å². The van der Waals surface area contributed by atoms with Crippen LogP contribution in [0, 0.1) is 6.92 Å². The summed E-state index contributed by atoms with van der Waals surface area (Å²) in [6.45, 7) is 6.84. The Kier molecular flexibility index (Phi) is 8.23. The number of methoxy groups -OCH3 is 1. The largest absolute Gasteiger partial charge is 0.496 e. The molecular formula is C31H35N5O4S. The van der Waals surface area contributed by atoms with Gasteiger partial charge in [-0.3, -0.25) is 4.79 Å². The molecule has 0 bridgehead atoms. The average molecular weight is 574 g/mol. The zero-order chi connectivity index (χ0) is 29.1. The molecule has 9 nitrogen and oxygen atoms in total. The van der Waals surface area contributed by atoms with Crippen molar-refractivity contribution in [1.82, 2.24) is 19.8 Å². The molecule has 0 radical (unpaired) electrons. The van der Waals surface area contributed by atoms with Crippen molar-refractivity contribution < 1.29 is 17.9 Å². The molecule has 3 aromatic carbocycles. The minimum absolute atomic E-state index is 0.0476. The van der Waals surface area contributed by atoms with Gasteiger partial charge in [-0.05, 0) is 69.9 Å². The smallest absolute Gasteiger partial charge is 0.257 e. The molecule has 4 aromatic rings. The molecule has 1 saturated heterocycles. The molecule has 0 aliphatic carbocycles. The number of hydrogen-bond acceptors (Lipinski definition) is 7. The Morgan fingerprint density at radius 1 is 0.951 bits per heavy atom. The van der Waals surface area contributed by atoms with Crippen LogP contribution in [0.2, 0.25) is 0 Å². The molecule has 10 heteroatoms. The Bertz CT molecular complexity index is 1700. The molecule has 1 amide bonds. The van der Waals surface area contributed by atoms with Crippen molar-refractivity contribution in [1.29, 1.82) is 0 Å². The summed E-state index contributed by atoms with van der Waals surface area (Å²) in [6.07, 6.45) is 3.14. The van der Waals surface area contributed by atoms with Crippen LogP contribution in [-0.2, 0) is 10.0 Å². The SMILES string of the molecule is COc1ccc(Nc2nnc(-c3ccc(C)c(S(=O)(=O)NC(C)C)c3)c3ccccc23)cc1C(=O)N1CCCCC1. The number of aromatic nitrogens is 2. The lowest BCUT2D eigenvalue weighted by atomic mass is 10.0. The molecule has 1 aliphatic rings. The van der Waals surface area contributed by atoms with Gasteiger partial charge in [-0.2, -0.15) is 0 Å². The summed E-state index contributed by atoms with van der Waals surface area (Å²) in [4.78, 5) is 15.4. The summed E-state index contributed by atoms with van der Waals surface area (Å²) in [5.74, 6) is 0.996. The highest BCUT2D eigenvalue weighted by atomic mass is 32.2. The van der Waals surface area contributed by atoms with Gasteiger partial charge >= 0.3 is 0 Å². The van der Waals surface area contributed by atoms with Crippen LogP contribution in [-0.4, -0.2) is 55.7 Å². The Morgan fingerprint density at radius 2 is 1.68 bits per heavy atom. The van der Waals surface area contributed by atoms with E-state index >= 15 is 0 Å². The standard InChI is InChI=1S/C31H35N5O4S/c1-20(2)35-41(38,39)28-18-22(13-12-21(28)3)29-24-10-6-7-11-25(24)30(34-33-29)32-23-14-15-27(40-4)26(19-23)31(37)36-16-8-5-9-17-36/h6-7,10-15,18-20,35H,5,8-9,16-17H2,1-4H3,(H,32,34). The number of piperidine rings is 1. The van der Waals surface area contributed by atoms with Crippen LogP contribution in [0.4, 0.5) is 11.5 Å². The minimum Gasteiger partial charge on any atom is -0.496 e. The number of ether oxygens (including phenoxy) is 1. The summed E-state index contributed by atoms with van der Waals surface area (Å²) in [7, 11) is -2.14. The van der Waals surface area contributed by atoms with Gasteiger partial charge in [0.15, 0.2) is 5.82 Å². The summed E-state index contributed by atoms with van der Waals surface area (Å²) in [5.41, 5.74) is 3.04. The molecule has 0 saturated carbocycles. The van der Waals surface area contributed by atoms with Crippen LogP contribution in [0.1, 0.15) is 49.0 Å². The van der Waals surface area contributed by atoms with Crippen LogP contribution < -0.4 is 14.8 Å². The van der Waals surface area contributed by atoms with E-state index in [0.29, 0.717) is 39.6 Å². The maximum absolute atomic E-state index is 13.3. The molecule has 1 aromatic heterocycles. The normalized spacial score (nSPS) is 13.9. The highest BCUT2D eigenvalue weighted by Gasteiger charge is 2.23. The molecule has 0 spiro atoms. The lowest BCUT2D eigenvalue weighted by Gasteiger charge is -2.27. The van der Waals surface area contributed by atoms with E-state index in [9.17, 15) is 13.2 Å². The molecule has 41 heavy (non-hydrogen) atoms. The maximum Gasteiger partial charge on any atom is 0.257 e. The van der Waals surface area contributed by atoms with Crippen LogP contribution in [0.5, 0.6) is 5.75 Å². The topological polar surface area (TPSA) is 114 Å². The molecule has 2 N–H and O–H groups in total. The van der Waals surface area contributed by atoms with E-state index in [1.54, 1.807) is 52.1 Å². The Morgan fingerprint density at radius 3 is 2.39 bits per heavy atom. The van der Waals surface area contributed by atoms with Gasteiger partial charge in [0.2, 0.25) is 10.0 Å². The monoisotopic (exact) mass is 573 g/mol. The number of hydrogen-bond donors (Lipinski definition) is 2. The number of nitrogens with one attached hydrogen (secondary N) is 2. The summed E-state index contributed by atoms with van der Waals surface area (Å²) < 4.78 is 34.2. The zero-order valence-corrected chi connectivity index (χ0v) is 24.6. The van der Waals surface area contributed by atoms with Gasteiger partial charge in [-0.1, -0.05) is 36.4 Å². The van der Waals surface area contributed by atoms with Crippen molar-refractivity contribution in [2.24, 2.45) is 0 Å². The third-order valence-electron chi connectivity index (χ3n) is 7.17. The maximum atomic E-state index is 13.3. The molecule has 0 atom stereocenters. The number of sulfonamides is 1. The second-order valence-electron chi connectivity index (χ2n) is 10.6. The molecule has 1 fully saturated rings. The number of rotatable bonds is 8. The highest BCUT2D eigenvalue weighted by molar-refractivity contribution is 7.89. The number of amides is 1. The van der Waals surface area contributed by atoms with E-state index in [1.165, 1.54) is 0 Å². The first kappa shape index (κ1) is 28.5. The predicted octanol–water partition coefficient (Wildman–Crippen LogP) is 5.67. The molecule has 214 valence electrons. The fourth-order valence-electron chi connectivity index (χ4n) is 5.18. The van der Waals surface area contributed by atoms with Crippen LogP contribution in [0.15, 0.2) is 65.6 Å². The average Bonchev–Trinajstić information content (AvgIpc) is 2.97. The first-order valence-corrected chi connectivity index (χ1v) is 15.3. The van der Waals surface area contributed by atoms with Gasteiger partial charge in [0.1, 0.15) is 11.4 Å². The van der Waals surface area contributed by atoms with Gasteiger partial charge in [-0.25, -0.2) is 13.1 Å². The zero-order valence-electron chi connectivity index (χ0n) is 23.8. The van der Waals surface area contributed by atoms with Crippen LogP contribution in [0.3, 0.4) is 0 Å². The Balaban J connectivity index is 1.52. The first-order valence-electron chi connectivity index (χ1n) is 13.8. The number of anilines is 2. The van der Waals surface area contributed by atoms with Gasteiger partial charge < -0.3 is 15.0 Å². The van der Waals surface area contributed by atoms with Crippen molar-refractivity contribution in [3.63, 3.8) is 0 Å². The van der Waals surface area contributed by atoms with E-state index in [1.807, 2.05) is 41.3 Å². The third kappa shape index (κ3) is 6.03. The third-order valence-corrected chi connectivity index (χ3v) is 8.97. The van der Waals surface area contributed by atoms with E-state index in [4.69, 9.17) is 4.74 Å². The van der Waals surface area contributed by atoms with Gasteiger partial charge in [-0.15, -0.1) is 10.2 Å². The van der Waals surface area contributed by atoms with E-state index < -0.39 is 10.0 Å². The van der Waals surface area contributed by atoms with Crippen LogP contribution >= 0.6 is 0 Å². The van der Waals surface area contributed by atoms with Gasteiger partial charge in [0.05, 0.1) is 17.6 Å². The second-order valence-corrected chi connectivity index (χ2v) is 12.3. The molecule has 0 unspecified atom stereocenters. The Hall–Kier alpha value is -4.02. The molecule has 1 aliphatic heterocycles. The van der Waals surface area contributed by atoms with Crippen molar-refractivity contribution >= 4 is 38.2 Å². The lowest BCUT2D eigenvalue weighted by Crippen LogP contribution is -2.35. The second kappa shape index (κ2) is 11.8. The van der Waals surface area contributed by atoms with Crippen LogP contribution in [0.25, 0.3) is 22.0 Å². The lowest BCUT2D eigenvalue weighted by molar-refractivity contribution is 0.0721. The highest BCUT2D eigenvalue weighted by Crippen LogP contribution is 2.34. The van der Waals surface area contributed by atoms with Gasteiger partial charge in [0.25, 0.3) is 5.91 Å². The first-order chi connectivity index (χ1) is 19.7. The summed E-state index contributed by atoms with van der Waals surface area (Å²) in [5, 5.41) is 14.0. The summed E-state index contributed by atoms with van der Waals surface area (Å²) >= 11 is 0. The Labute approximate surface area is 241 Å². The predicted molar refractivity (Wildman–Crippen MR) is 161 cm³/mol. The number of aryl methyl sites for hydroxylation is 1. The summed E-state index contributed by atoms with van der Waals surface area (Å²) in [6, 6.07) is 18.2. The molecule has 2 heterocycles. The van der Waals surface area contributed by atoms with Crippen molar-refractivity contribution in [3.8, 4) is 17.0 Å². The molecule has 5 rings (SSSR count). The number of fused-ring (bicyclic) bond motifs is 1. The van der Waals surface area contributed by atoms with E-state index in [2.05, 4.69) is 20.2 Å². The van der Waals surface area contributed by atoms with E-state index in [-0.39, 0.29) is 16.8 Å². The number of likely N-dealkylation sites (tertiary alicyclic amines) is 1. The molecular weight excluding hydrogens is 538 g/mol. The number of carbonyl (C=O) groups excluding carboxylic acids is 1. The fraction of sp³-hybridized carbons (Fsp3) is 0.323. The number of benzene rings is 3. The van der Waals surface area contributed by atoms with Crippen molar-refractivity contribution in [3.05, 3.63) is 71.8 Å². The van der Waals surface area contributed by atoms with Gasteiger partial charge in [0, 0.05) is 41.2 Å². The minimum atomic E-state index is -3.70. The number of carbonyl (C=O) groups is 1. The fourth-order valence-corrected chi connectivity index (χ4v) is 6.70. The number of nitrogens with zero attached hydrogens (tertiary/aromatic N) is 3.